The van der Waals surface area contributed by atoms with Crippen molar-refractivity contribution >= 4 is 0 Å². The van der Waals surface area contributed by atoms with Crippen LogP contribution in [0.15, 0.2) is 0 Å². The summed E-state index contributed by atoms with van der Waals surface area (Å²) in [4.78, 5) is 0. The zero-order chi connectivity index (χ0) is 14.6. The van der Waals surface area contributed by atoms with Gasteiger partial charge in [0.25, 0.3) is 0 Å². The van der Waals surface area contributed by atoms with E-state index in [-0.39, 0.29) is 0 Å². The quantitative estimate of drug-likeness (QED) is 0.643. The predicted octanol–water partition coefficient (Wildman–Crippen LogP) is 5.68. The van der Waals surface area contributed by atoms with Crippen LogP contribution in [0.1, 0.15) is 78.6 Å². The summed E-state index contributed by atoms with van der Waals surface area (Å²) in [6.07, 6.45) is 13.0. The lowest BCUT2D eigenvalue weighted by molar-refractivity contribution is 0.158. The number of rotatable bonds is 4. The first kappa shape index (κ1) is 16.3. The average Bonchev–Trinajstić information content (AvgIpc) is 2.96. The van der Waals surface area contributed by atoms with Gasteiger partial charge in [-0.25, -0.2) is 0 Å². The number of ether oxygens (including phenoxy) is 1. The SMILES string of the molecule is COCCC(C)C1CCCCCC2(C)C(C)C2CCC1. The van der Waals surface area contributed by atoms with E-state index in [2.05, 4.69) is 20.8 Å². The molecule has 2 aliphatic carbocycles. The summed E-state index contributed by atoms with van der Waals surface area (Å²) in [5, 5.41) is 0. The van der Waals surface area contributed by atoms with Crippen LogP contribution in [0, 0.1) is 29.1 Å². The van der Waals surface area contributed by atoms with Crippen molar-refractivity contribution in [3.05, 3.63) is 0 Å². The van der Waals surface area contributed by atoms with Crippen LogP contribution in [0.25, 0.3) is 0 Å². The molecule has 0 bridgehead atoms. The van der Waals surface area contributed by atoms with Gasteiger partial charge in [-0.05, 0) is 48.3 Å². The van der Waals surface area contributed by atoms with E-state index in [0.29, 0.717) is 5.41 Å². The van der Waals surface area contributed by atoms with Gasteiger partial charge >= 0.3 is 0 Å². The van der Waals surface area contributed by atoms with E-state index in [1.165, 1.54) is 57.8 Å². The van der Waals surface area contributed by atoms with E-state index in [4.69, 9.17) is 4.74 Å². The fourth-order valence-electron chi connectivity index (χ4n) is 4.84. The van der Waals surface area contributed by atoms with E-state index in [1.807, 2.05) is 7.11 Å². The highest BCUT2D eigenvalue weighted by Crippen LogP contribution is 2.63. The average molecular weight is 280 g/mol. The van der Waals surface area contributed by atoms with Gasteiger partial charge in [-0.15, -0.1) is 0 Å². The maximum atomic E-state index is 5.27. The Hall–Kier alpha value is -0.0400. The number of hydrogen-bond donors (Lipinski definition) is 0. The fraction of sp³-hybridized carbons (Fsp3) is 1.00. The lowest BCUT2D eigenvalue weighted by Crippen LogP contribution is -2.14. The molecule has 5 unspecified atom stereocenters. The highest BCUT2D eigenvalue weighted by atomic mass is 16.5. The van der Waals surface area contributed by atoms with Crippen LogP contribution in [-0.2, 0) is 4.74 Å². The summed E-state index contributed by atoms with van der Waals surface area (Å²) < 4.78 is 5.27. The minimum absolute atomic E-state index is 0.710. The van der Waals surface area contributed by atoms with Gasteiger partial charge in [0.1, 0.15) is 0 Å². The van der Waals surface area contributed by atoms with Gasteiger partial charge in [-0.1, -0.05) is 59.3 Å². The molecule has 5 atom stereocenters. The van der Waals surface area contributed by atoms with Gasteiger partial charge < -0.3 is 4.74 Å². The Kier molecular flexibility index (Phi) is 5.95. The lowest BCUT2D eigenvalue weighted by atomic mass is 9.83. The molecule has 1 nitrogen and oxygen atoms in total. The third-order valence-electron chi connectivity index (χ3n) is 6.84. The minimum atomic E-state index is 0.710. The smallest absolute Gasteiger partial charge is 0.0464 e. The van der Waals surface area contributed by atoms with Gasteiger partial charge in [0.2, 0.25) is 0 Å². The molecule has 0 spiro atoms. The molecular formula is C19H36O. The van der Waals surface area contributed by atoms with E-state index >= 15 is 0 Å². The van der Waals surface area contributed by atoms with Crippen molar-refractivity contribution in [1.82, 2.24) is 0 Å². The number of hydrogen-bond acceptors (Lipinski definition) is 1. The van der Waals surface area contributed by atoms with Crippen molar-refractivity contribution in [2.45, 2.75) is 78.6 Å². The van der Waals surface area contributed by atoms with Crippen molar-refractivity contribution in [2.75, 3.05) is 13.7 Å². The fourth-order valence-corrected chi connectivity index (χ4v) is 4.84. The predicted molar refractivity (Wildman–Crippen MR) is 86.8 cm³/mol. The Bertz CT molecular complexity index is 287. The molecule has 0 N–H and O–H groups in total. The Labute approximate surface area is 126 Å². The highest BCUT2D eigenvalue weighted by molar-refractivity contribution is 5.04. The molecule has 0 amide bonds. The van der Waals surface area contributed by atoms with E-state index in [0.717, 1.165) is 30.3 Å². The molecule has 2 saturated carbocycles. The van der Waals surface area contributed by atoms with E-state index in [1.54, 1.807) is 0 Å². The molecule has 0 aromatic carbocycles. The van der Waals surface area contributed by atoms with Crippen LogP contribution < -0.4 is 0 Å². The molecule has 20 heavy (non-hydrogen) atoms. The number of fused-ring (bicyclic) bond motifs is 1. The molecule has 0 aromatic rings. The maximum Gasteiger partial charge on any atom is 0.0464 e. The highest BCUT2D eigenvalue weighted by Gasteiger charge is 2.56. The summed E-state index contributed by atoms with van der Waals surface area (Å²) in [5.74, 6) is 3.82. The van der Waals surface area contributed by atoms with Gasteiger partial charge in [0.05, 0.1) is 0 Å². The van der Waals surface area contributed by atoms with Gasteiger partial charge in [0.15, 0.2) is 0 Å². The van der Waals surface area contributed by atoms with Crippen LogP contribution in [0.4, 0.5) is 0 Å². The van der Waals surface area contributed by atoms with Crippen molar-refractivity contribution < 1.29 is 4.74 Å². The zero-order valence-electron chi connectivity index (χ0n) is 14.3. The van der Waals surface area contributed by atoms with Gasteiger partial charge in [-0.3, -0.25) is 0 Å². The van der Waals surface area contributed by atoms with Crippen molar-refractivity contribution in [1.29, 1.82) is 0 Å². The Morgan fingerprint density at radius 1 is 1.10 bits per heavy atom. The van der Waals surface area contributed by atoms with Gasteiger partial charge in [0, 0.05) is 13.7 Å². The molecule has 0 heterocycles. The second-order valence-electron chi connectivity index (χ2n) is 7.95. The maximum absolute atomic E-state index is 5.27. The molecule has 0 saturated heterocycles. The Morgan fingerprint density at radius 3 is 2.60 bits per heavy atom. The largest absolute Gasteiger partial charge is 0.385 e. The molecule has 118 valence electrons. The standard InChI is InChI=1S/C19H36O/c1-15(12-14-20-4)17-9-6-5-7-13-19(3)16(2)18(19)11-8-10-17/h15-18H,5-14H2,1-4H3. The van der Waals surface area contributed by atoms with Crippen LogP contribution in [0.3, 0.4) is 0 Å². The van der Waals surface area contributed by atoms with Crippen molar-refractivity contribution in [2.24, 2.45) is 29.1 Å². The molecular weight excluding hydrogens is 244 g/mol. The first-order valence-electron chi connectivity index (χ1n) is 9.08. The Balaban J connectivity index is 1.84. The Morgan fingerprint density at radius 2 is 1.85 bits per heavy atom. The van der Waals surface area contributed by atoms with E-state index in [9.17, 15) is 0 Å². The van der Waals surface area contributed by atoms with Crippen molar-refractivity contribution in [3.63, 3.8) is 0 Å². The second kappa shape index (κ2) is 7.29. The molecule has 2 fully saturated rings. The van der Waals surface area contributed by atoms with E-state index < -0.39 is 0 Å². The summed E-state index contributed by atoms with van der Waals surface area (Å²) in [6.45, 7) is 8.44. The monoisotopic (exact) mass is 280 g/mol. The van der Waals surface area contributed by atoms with Gasteiger partial charge in [-0.2, -0.15) is 0 Å². The molecule has 0 radical (unpaired) electrons. The van der Waals surface area contributed by atoms with Crippen LogP contribution in [0.2, 0.25) is 0 Å². The van der Waals surface area contributed by atoms with Crippen molar-refractivity contribution in [3.8, 4) is 0 Å². The van der Waals surface area contributed by atoms with Crippen LogP contribution in [0.5, 0.6) is 0 Å². The third kappa shape index (κ3) is 3.78. The summed E-state index contributed by atoms with van der Waals surface area (Å²) >= 11 is 0. The van der Waals surface area contributed by atoms with Crippen LogP contribution >= 0.6 is 0 Å². The zero-order valence-corrected chi connectivity index (χ0v) is 14.3. The summed E-state index contributed by atoms with van der Waals surface area (Å²) in [7, 11) is 1.83. The summed E-state index contributed by atoms with van der Waals surface area (Å²) in [5.41, 5.74) is 0.710. The molecule has 0 aromatic heterocycles. The first-order chi connectivity index (χ1) is 9.59. The molecule has 2 aliphatic rings. The molecule has 2 rings (SSSR count). The normalized spacial score (nSPS) is 40.5. The molecule has 0 aliphatic heterocycles. The number of methoxy groups -OCH3 is 1. The van der Waals surface area contributed by atoms with Crippen LogP contribution in [-0.4, -0.2) is 13.7 Å². The first-order valence-corrected chi connectivity index (χ1v) is 9.08. The lowest BCUT2D eigenvalue weighted by Gasteiger charge is -2.24. The second-order valence-corrected chi connectivity index (χ2v) is 7.95. The molecule has 1 heteroatoms. The third-order valence-corrected chi connectivity index (χ3v) is 6.84. The minimum Gasteiger partial charge on any atom is -0.385 e. The topological polar surface area (TPSA) is 9.23 Å². The summed E-state index contributed by atoms with van der Waals surface area (Å²) in [6, 6.07) is 0.